The maximum Gasteiger partial charge on any atom is 0.332 e. The van der Waals surface area contributed by atoms with Crippen LogP contribution in [0.2, 0.25) is 0 Å². The van der Waals surface area contributed by atoms with Crippen molar-refractivity contribution in [2.75, 3.05) is 20.3 Å². The number of benzene rings is 2. The van der Waals surface area contributed by atoms with Gasteiger partial charge in [0, 0.05) is 31.4 Å². The molecule has 0 amide bonds. The Labute approximate surface area is 143 Å². The molecular weight excluding hydrogens is 300 g/mol. The van der Waals surface area contributed by atoms with E-state index in [4.69, 9.17) is 4.74 Å². The maximum absolute atomic E-state index is 11.7. The third-order valence-corrected chi connectivity index (χ3v) is 4.11. The highest BCUT2D eigenvalue weighted by atomic mass is 16.5. The molecule has 0 bridgehead atoms. The van der Waals surface area contributed by atoms with Gasteiger partial charge in [0.15, 0.2) is 0 Å². The predicted molar refractivity (Wildman–Crippen MR) is 93.8 cm³/mol. The zero-order valence-electron chi connectivity index (χ0n) is 13.9. The van der Waals surface area contributed by atoms with E-state index in [-0.39, 0.29) is 5.97 Å². The number of hydrogen-bond donors (Lipinski definition) is 0. The van der Waals surface area contributed by atoms with Crippen molar-refractivity contribution in [1.82, 2.24) is 9.80 Å². The van der Waals surface area contributed by atoms with Crippen LogP contribution in [0.15, 0.2) is 72.4 Å². The first-order valence-corrected chi connectivity index (χ1v) is 8.08. The smallest absolute Gasteiger partial charge is 0.332 e. The average molecular weight is 322 g/mol. The lowest BCUT2D eigenvalue weighted by Gasteiger charge is -2.20. The third-order valence-electron chi connectivity index (χ3n) is 4.11. The molecule has 1 aliphatic rings. The van der Waals surface area contributed by atoms with Gasteiger partial charge in [-0.05, 0) is 11.1 Å². The van der Waals surface area contributed by atoms with Gasteiger partial charge in [0.2, 0.25) is 0 Å². The summed E-state index contributed by atoms with van der Waals surface area (Å²) in [4.78, 5) is 16.2. The Morgan fingerprint density at radius 1 is 1.00 bits per heavy atom. The Balaban J connectivity index is 1.74. The monoisotopic (exact) mass is 322 g/mol. The molecule has 1 heterocycles. The largest absolute Gasteiger partial charge is 0.466 e. The van der Waals surface area contributed by atoms with Gasteiger partial charge in [-0.15, -0.1) is 0 Å². The Kier molecular flexibility index (Phi) is 5.29. The van der Waals surface area contributed by atoms with Crippen LogP contribution in [0.25, 0.3) is 0 Å². The van der Waals surface area contributed by atoms with Crippen molar-refractivity contribution in [1.29, 1.82) is 0 Å². The van der Waals surface area contributed by atoms with E-state index in [9.17, 15) is 4.79 Å². The minimum Gasteiger partial charge on any atom is -0.466 e. The average Bonchev–Trinajstić information content (AvgIpc) is 2.97. The summed E-state index contributed by atoms with van der Waals surface area (Å²) in [6, 6.07) is 20.7. The van der Waals surface area contributed by atoms with Gasteiger partial charge >= 0.3 is 5.97 Å². The van der Waals surface area contributed by atoms with Gasteiger partial charge in [0.05, 0.1) is 13.8 Å². The Morgan fingerprint density at radius 3 is 2.17 bits per heavy atom. The van der Waals surface area contributed by atoms with Crippen molar-refractivity contribution in [3.05, 3.63) is 83.6 Å². The molecular formula is C20H22N2O2. The lowest BCUT2D eigenvalue weighted by Crippen LogP contribution is -2.24. The highest BCUT2D eigenvalue weighted by Crippen LogP contribution is 2.22. The number of ether oxygens (including phenoxy) is 1. The molecule has 4 heteroatoms. The predicted octanol–water partition coefficient (Wildman–Crippen LogP) is 3.02. The second-order valence-electron chi connectivity index (χ2n) is 5.96. The summed E-state index contributed by atoms with van der Waals surface area (Å²) in [6.45, 7) is 3.20. The van der Waals surface area contributed by atoms with Gasteiger partial charge in [-0.3, -0.25) is 4.90 Å². The molecule has 0 atom stereocenters. The van der Waals surface area contributed by atoms with E-state index in [2.05, 4.69) is 46.2 Å². The Hall–Kier alpha value is -2.59. The van der Waals surface area contributed by atoms with Crippen LogP contribution in [0, 0.1) is 0 Å². The second kappa shape index (κ2) is 7.79. The number of rotatable bonds is 5. The third kappa shape index (κ3) is 4.24. The molecule has 2 aromatic rings. The zero-order valence-corrected chi connectivity index (χ0v) is 13.9. The fourth-order valence-corrected chi connectivity index (χ4v) is 2.95. The van der Waals surface area contributed by atoms with Crippen LogP contribution >= 0.6 is 0 Å². The minimum absolute atomic E-state index is 0.301. The van der Waals surface area contributed by atoms with Crippen molar-refractivity contribution in [3.8, 4) is 0 Å². The van der Waals surface area contributed by atoms with E-state index in [1.54, 1.807) is 6.08 Å². The van der Waals surface area contributed by atoms with E-state index in [0.29, 0.717) is 0 Å². The number of methoxy groups -OCH3 is 1. The van der Waals surface area contributed by atoms with Crippen LogP contribution in [0.4, 0.5) is 0 Å². The molecule has 0 spiro atoms. The molecule has 1 fully saturated rings. The van der Waals surface area contributed by atoms with Gasteiger partial charge in [-0.2, -0.15) is 0 Å². The van der Waals surface area contributed by atoms with Crippen molar-refractivity contribution >= 4 is 5.97 Å². The topological polar surface area (TPSA) is 32.8 Å². The summed E-state index contributed by atoms with van der Waals surface area (Å²) >= 11 is 0. The van der Waals surface area contributed by atoms with Crippen LogP contribution in [-0.2, 0) is 22.6 Å². The van der Waals surface area contributed by atoms with Crippen LogP contribution in [0.1, 0.15) is 11.1 Å². The number of nitrogens with zero attached hydrogens (tertiary/aromatic N) is 2. The lowest BCUT2D eigenvalue weighted by molar-refractivity contribution is -0.134. The summed E-state index contributed by atoms with van der Waals surface area (Å²) in [7, 11) is 1.41. The fraction of sp³-hybridized carbons (Fsp3) is 0.250. The highest BCUT2D eigenvalue weighted by Gasteiger charge is 2.25. The van der Waals surface area contributed by atoms with Crippen LogP contribution in [0.5, 0.6) is 0 Å². The first-order chi connectivity index (χ1) is 11.7. The zero-order chi connectivity index (χ0) is 16.8. The summed E-state index contributed by atoms with van der Waals surface area (Å²) < 4.78 is 4.80. The molecule has 0 radical (unpaired) electrons. The molecule has 0 N–H and O–H groups in total. The van der Waals surface area contributed by atoms with Crippen LogP contribution in [-0.4, -0.2) is 36.1 Å². The van der Waals surface area contributed by atoms with Gasteiger partial charge in [0.25, 0.3) is 0 Å². The van der Waals surface area contributed by atoms with E-state index in [1.165, 1.54) is 18.2 Å². The van der Waals surface area contributed by atoms with E-state index in [0.717, 1.165) is 32.0 Å². The standard InChI is InChI=1S/C20H22N2O2/c1-24-20(23)12-19-15-21(13-17-8-4-2-5-9-17)16-22(19)14-18-10-6-3-7-11-18/h2-12H,13-16H2,1H3/b19-12+. The molecule has 0 aromatic heterocycles. The van der Waals surface area contributed by atoms with Crippen molar-refractivity contribution in [3.63, 3.8) is 0 Å². The molecule has 2 aromatic carbocycles. The number of carbonyl (C=O) groups is 1. The van der Waals surface area contributed by atoms with E-state index >= 15 is 0 Å². The fourth-order valence-electron chi connectivity index (χ4n) is 2.95. The summed E-state index contributed by atoms with van der Waals surface area (Å²) in [6.07, 6.45) is 1.61. The normalized spacial score (nSPS) is 16.5. The summed E-state index contributed by atoms with van der Waals surface area (Å²) in [5, 5.41) is 0. The summed E-state index contributed by atoms with van der Waals surface area (Å²) in [5.41, 5.74) is 3.51. The maximum atomic E-state index is 11.7. The first kappa shape index (κ1) is 16.3. The SMILES string of the molecule is COC(=O)/C=C1\CN(Cc2ccccc2)CN1Cc1ccccc1. The van der Waals surface area contributed by atoms with Crippen molar-refractivity contribution in [2.24, 2.45) is 0 Å². The molecule has 0 aliphatic carbocycles. The van der Waals surface area contributed by atoms with Gasteiger partial charge in [-0.25, -0.2) is 4.79 Å². The molecule has 1 aliphatic heterocycles. The van der Waals surface area contributed by atoms with Crippen molar-refractivity contribution in [2.45, 2.75) is 13.1 Å². The van der Waals surface area contributed by atoms with Crippen molar-refractivity contribution < 1.29 is 9.53 Å². The minimum atomic E-state index is -0.301. The van der Waals surface area contributed by atoms with E-state index < -0.39 is 0 Å². The van der Waals surface area contributed by atoms with Gasteiger partial charge in [0.1, 0.15) is 0 Å². The van der Waals surface area contributed by atoms with Crippen LogP contribution < -0.4 is 0 Å². The Morgan fingerprint density at radius 2 is 1.58 bits per heavy atom. The molecule has 0 saturated carbocycles. The molecule has 124 valence electrons. The molecule has 0 unspecified atom stereocenters. The number of carbonyl (C=O) groups excluding carboxylic acids is 1. The van der Waals surface area contributed by atoms with Crippen LogP contribution in [0.3, 0.4) is 0 Å². The highest BCUT2D eigenvalue weighted by molar-refractivity contribution is 5.82. The molecule has 24 heavy (non-hydrogen) atoms. The summed E-state index contributed by atoms with van der Waals surface area (Å²) in [5.74, 6) is -0.301. The number of esters is 1. The Bertz CT molecular complexity index is 698. The molecule has 4 nitrogen and oxygen atoms in total. The quantitative estimate of drug-likeness (QED) is 0.626. The second-order valence-corrected chi connectivity index (χ2v) is 5.96. The number of hydrogen-bond acceptors (Lipinski definition) is 4. The molecule has 3 rings (SSSR count). The molecule has 1 saturated heterocycles. The first-order valence-electron chi connectivity index (χ1n) is 8.08. The lowest BCUT2D eigenvalue weighted by atomic mass is 10.2. The van der Waals surface area contributed by atoms with Gasteiger partial charge in [-0.1, -0.05) is 60.7 Å². The van der Waals surface area contributed by atoms with E-state index in [1.807, 2.05) is 24.3 Å². The van der Waals surface area contributed by atoms with Gasteiger partial charge < -0.3 is 9.64 Å².